The van der Waals surface area contributed by atoms with E-state index in [1.807, 2.05) is 19.2 Å². The number of pyridine rings is 1. The van der Waals surface area contributed by atoms with Gasteiger partial charge in [0.05, 0.1) is 0 Å². The first-order valence-electron chi connectivity index (χ1n) is 6.28. The van der Waals surface area contributed by atoms with E-state index in [1.54, 1.807) is 11.1 Å². The third-order valence-corrected chi connectivity index (χ3v) is 3.85. The summed E-state index contributed by atoms with van der Waals surface area (Å²) in [4.78, 5) is 18.1. The molecule has 0 spiro atoms. The molecule has 2 rings (SSSR count). The Morgan fingerprint density at radius 3 is 3.11 bits per heavy atom. The fourth-order valence-electron chi connectivity index (χ4n) is 2.22. The van der Waals surface area contributed by atoms with E-state index >= 15 is 0 Å². The molecule has 0 bridgehead atoms. The number of hydrogen-bond acceptors (Lipinski definition) is 3. The van der Waals surface area contributed by atoms with Gasteiger partial charge < -0.3 is 10.2 Å². The van der Waals surface area contributed by atoms with Crippen LogP contribution >= 0.6 is 15.9 Å². The summed E-state index contributed by atoms with van der Waals surface area (Å²) < 4.78 is 0.749. The molecule has 1 N–H and O–H groups in total. The van der Waals surface area contributed by atoms with E-state index in [1.165, 1.54) is 12.8 Å². The monoisotopic (exact) mass is 311 g/mol. The molecule has 1 aliphatic heterocycles. The Bertz CT molecular complexity index is 418. The van der Waals surface area contributed by atoms with Gasteiger partial charge in [0.1, 0.15) is 5.69 Å². The SMILES string of the molecule is CN(CC1CCCCN1)C(=O)c1ncccc1Br. The summed E-state index contributed by atoms with van der Waals surface area (Å²) in [6.45, 7) is 1.79. The molecule has 0 aromatic carbocycles. The third-order valence-electron chi connectivity index (χ3n) is 3.21. The number of nitrogens with one attached hydrogen (secondary N) is 1. The first kappa shape index (κ1) is 13.5. The number of rotatable bonds is 3. The number of hydrogen-bond donors (Lipinski definition) is 1. The Hall–Kier alpha value is -0.940. The van der Waals surface area contributed by atoms with Gasteiger partial charge >= 0.3 is 0 Å². The maximum Gasteiger partial charge on any atom is 0.273 e. The van der Waals surface area contributed by atoms with Crippen molar-refractivity contribution in [3.63, 3.8) is 0 Å². The van der Waals surface area contributed by atoms with Crippen molar-refractivity contribution >= 4 is 21.8 Å². The van der Waals surface area contributed by atoms with E-state index in [0.29, 0.717) is 11.7 Å². The molecule has 0 aliphatic carbocycles. The third kappa shape index (κ3) is 3.29. The molecule has 1 aromatic heterocycles. The highest BCUT2D eigenvalue weighted by Gasteiger charge is 2.20. The van der Waals surface area contributed by atoms with Crippen LogP contribution in [0.3, 0.4) is 0 Å². The van der Waals surface area contributed by atoms with Crippen LogP contribution in [0.1, 0.15) is 29.8 Å². The Kier molecular flexibility index (Phi) is 4.72. The van der Waals surface area contributed by atoms with E-state index in [4.69, 9.17) is 0 Å². The quantitative estimate of drug-likeness (QED) is 0.929. The normalized spacial score (nSPS) is 19.6. The van der Waals surface area contributed by atoms with Crippen molar-refractivity contribution in [3.8, 4) is 0 Å². The van der Waals surface area contributed by atoms with Crippen LogP contribution in [-0.4, -0.2) is 42.0 Å². The minimum absolute atomic E-state index is 0.0325. The number of halogens is 1. The molecular weight excluding hydrogens is 294 g/mol. The first-order valence-corrected chi connectivity index (χ1v) is 7.07. The Morgan fingerprint density at radius 2 is 2.44 bits per heavy atom. The van der Waals surface area contributed by atoms with Gasteiger partial charge in [0.2, 0.25) is 0 Å². The Balaban J connectivity index is 1.98. The summed E-state index contributed by atoms with van der Waals surface area (Å²) in [5.74, 6) is -0.0325. The lowest BCUT2D eigenvalue weighted by Gasteiger charge is -2.28. The highest BCUT2D eigenvalue weighted by Crippen LogP contribution is 2.16. The van der Waals surface area contributed by atoms with E-state index < -0.39 is 0 Å². The molecular formula is C13H18BrN3O. The lowest BCUT2D eigenvalue weighted by molar-refractivity contribution is 0.0768. The largest absolute Gasteiger partial charge is 0.339 e. The summed E-state index contributed by atoms with van der Waals surface area (Å²) in [5, 5.41) is 3.44. The molecule has 2 heterocycles. The predicted molar refractivity (Wildman–Crippen MR) is 74.5 cm³/mol. The average Bonchev–Trinajstić information content (AvgIpc) is 2.39. The standard InChI is InChI=1S/C13H18BrN3O/c1-17(9-10-5-2-3-7-15-10)13(18)12-11(14)6-4-8-16-12/h4,6,8,10,15H,2-3,5,7,9H2,1H3. The van der Waals surface area contributed by atoms with Crippen molar-refractivity contribution < 1.29 is 4.79 Å². The van der Waals surface area contributed by atoms with Gasteiger partial charge in [-0.05, 0) is 47.4 Å². The van der Waals surface area contributed by atoms with Crippen LogP contribution in [0.2, 0.25) is 0 Å². The number of carbonyl (C=O) groups excluding carboxylic acids is 1. The molecule has 98 valence electrons. The second kappa shape index (κ2) is 6.29. The lowest BCUT2D eigenvalue weighted by atomic mass is 10.0. The molecule has 0 saturated carbocycles. The van der Waals surface area contributed by atoms with Crippen LogP contribution < -0.4 is 5.32 Å². The molecule has 0 radical (unpaired) electrons. The van der Waals surface area contributed by atoms with Crippen molar-refractivity contribution in [1.82, 2.24) is 15.2 Å². The van der Waals surface area contributed by atoms with E-state index in [-0.39, 0.29) is 5.91 Å². The van der Waals surface area contributed by atoms with Crippen LogP contribution in [0.4, 0.5) is 0 Å². The number of likely N-dealkylation sites (N-methyl/N-ethyl adjacent to an activating group) is 1. The van der Waals surface area contributed by atoms with E-state index in [0.717, 1.165) is 24.0 Å². The average molecular weight is 312 g/mol. The maximum atomic E-state index is 12.2. The molecule has 1 atom stereocenters. The number of aromatic nitrogens is 1. The topological polar surface area (TPSA) is 45.2 Å². The molecule has 1 unspecified atom stereocenters. The molecule has 1 fully saturated rings. The summed E-state index contributed by atoms with van der Waals surface area (Å²) in [6.07, 6.45) is 5.26. The molecule has 1 aliphatic rings. The fourth-order valence-corrected chi connectivity index (χ4v) is 2.64. The molecule has 1 amide bonds. The second-order valence-electron chi connectivity index (χ2n) is 4.67. The summed E-state index contributed by atoms with van der Waals surface area (Å²) >= 11 is 3.36. The van der Waals surface area contributed by atoms with Crippen molar-refractivity contribution in [1.29, 1.82) is 0 Å². The van der Waals surface area contributed by atoms with Crippen LogP contribution in [0, 0.1) is 0 Å². The molecule has 5 heteroatoms. The molecule has 18 heavy (non-hydrogen) atoms. The highest BCUT2D eigenvalue weighted by molar-refractivity contribution is 9.10. The minimum atomic E-state index is -0.0325. The number of amides is 1. The first-order chi connectivity index (χ1) is 8.68. The molecule has 4 nitrogen and oxygen atoms in total. The number of piperidine rings is 1. The van der Waals surface area contributed by atoms with Crippen LogP contribution in [0.25, 0.3) is 0 Å². The number of carbonyl (C=O) groups is 1. The van der Waals surface area contributed by atoms with E-state index in [9.17, 15) is 4.79 Å². The van der Waals surface area contributed by atoms with Gasteiger partial charge in [0.15, 0.2) is 0 Å². The van der Waals surface area contributed by atoms with E-state index in [2.05, 4.69) is 26.2 Å². The van der Waals surface area contributed by atoms with Gasteiger partial charge in [0, 0.05) is 30.3 Å². The van der Waals surface area contributed by atoms with Crippen molar-refractivity contribution in [2.45, 2.75) is 25.3 Å². The van der Waals surface area contributed by atoms with Crippen LogP contribution in [0.15, 0.2) is 22.8 Å². The Morgan fingerprint density at radius 1 is 1.61 bits per heavy atom. The van der Waals surface area contributed by atoms with Gasteiger partial charge in [0.25, 0.3) is 5.91 Å². The summed E-state index contributed by atoms with van der Waals surface area (Å²) in [7, 11) is 1.83. The highest BCUT2D eigenvalue weighted by atomic mass is 79.9. The van der Waals surface area contributed by atoms with Gasteiger partial charge in [-0.25, -0.2) is 4.98 Å². The lowest BCUT2D eigenvalue weighted by Crippen LogP contribution is -2.44. The fraction of sp³-hybridized carbons (Fsp3) is 0.538. The zero-order chi connectivity index (χ0) is 13.0. The van der Waals surface area contributed by atoms with Gasteiger partial charge in [-0.3, -0.25) is 4.79 Å². The van der Waals surface area contributed by atoms with Gasteiger partial charge in [-0.1, -0.05) is 6.42 Å². The second-order valence-corrected chi connectivity index (χ2v) is 5.52. The maximum absolute atomic E-state index is 12.2. The van der Waals surface area contributed by atoms with Gasteiger partial charge in [-0.2, -0.15) is 0 Å². The van der Waals surface area contributed by atoms with Crippen LogP contribution in [0.5, 0.6) is 0 Å². The minimum Gasteiger partial charge on any atom is -0.339 e. The predicted octanol–water partition coefficient (Wildman–Crippen LogP) is 2.06. The van der Waals surface area contributed by atoms with Crippen LogP contribution in [-0.2, 0) is 0 Å². The van der Waals surface area contributed by atoms with Crippen molar-refractivity contribution in [3.05, 3.63) is 28.5 Å². The smallest absolute Gasteiger partial charge is 0.273 e. The molecule has 1 aromatic rings. The number of nitrogens with zero attached hydrogens (tertiary/aromatic N) is 2. The van der Waals surface area contributed by atoms with Crippen molar-refractivity contribution in [2.24, 2.45) is 0 Å². The summed E-state index contributed by atoms with van der Waals surface area (Å²) in [6, 6.07) is 4.06. The Labute approximate surface area is 116 Å². The zero-order valence-corrected chi connectivity index (χ0v) is 12.1. The van der Waals surface area contributed by atoms with Crippen molar-refractivity contribution in [2.75, 3.05) is 20.1 Å². The zero-order valence-electron chi connectivity index (χ0n) is 10.5. The van der Waals surface area contributed by atoms with Gasteiger partial charge in [-0.15, -0.1) is 0 Å². The molecule has 1 saturated heterocycles. The summed E-state index contributed by atoms with van der Waals surface area (Å²) in [5.41, 5.74) is 0.482.